The number of nitrogens with zero attached hydrogens (tertiary/aromatic N) is 2. The van der Waals surface area contributed by atoms with E-state index in [1.54, 1.807) is 6.92 Å². The van der Waals surface area contributed by atoms with Crippen LogP contribution in [0.4, 0.5) is 5.69 Å². The van der Waals surface area contributed by atoms with Crippen LogP contribution < -0.4 is 10.1 Å². The third kappa shape index (κ3) is 2.16. The van der Waals surface area contributed by atoms with E-state index in [-0.39, 0.29) is 0 Å². The maximum absolute atomic E-state index is 5.75. The summed E-state index contributed by atoms with van der Waals surface area (Å²) in [5, 5.41) is 11.1. The van der Waals surface area contributed by atoms with E-state index in [1.165, 1.54) is 12.0 Å². The van der Waals surface area contributed by atoms with Crippen LogP contribution in [0.25, 0.3) is 0 Å². The molecule has 5 heteroatoms. The van der Waals surface area contributed by atoms with Crippen molar-refractivity contribution in [3.63, 3.8) is 0 Å². The van der Waals surface area contributed by atoms with Crippen molar-refractivity contribution in [3.8, 4) is 5.75 Å². The van der Waals surface area contributed by atoms with Gasteiger partial charge >= 0.3 is 0 Å². The van der Waals surface area contributed by atoms with Gasteiger partial charge in [-0.15, -0.1) is 10.2 Å². The van der Waals surface area contributed by atoms with E-state index in [2.05, 4.69) is 21.6 Å². The predicted molar refractivity (Wildman–Crippen MR) is 66.6 cm³/mol. The summed E-state index contributed by atoms with van der Waals surface area (Å²) in [6.07, 6.45) is 2.26. The topological polar surface area (TPSA) is 60.2 Å². The zero-order valence-electron chi connectivity index (χ0n) is 10.3. The van der Waals surface area contributed by atoms with Crippen LogP contribution in [0.5, 0.6) is 5.75 Å². The summed E-state index contributed by atoms with van der Waals surface area (Å²) >= 11 is 0. The lowest BCUT2D eigenvalue weighted by Gasteiger charge is -2.20. The Morgan fingerprint density at radius 1 is 1.39 bits per heavy atom. The van der Waals surface area contributed by atoms with Gasteiger partial charge in [0, 0.05) is 13.5 Å². The second-order valence-electron chi connectivity index (χ2n) is 4.32. The van der Waals surface area contributed by atoms with Gasteiger partial charge < -0.3 is 14.5 Å². The number of hydrogen-bond donors (Lipinski definition) is 1. The Kier molecular flexibility index (Phi) is 2.88. The van der Waals surface area contributed by atoms with Crippen molar-refractivity contribution in [1.82, 2.24) is 10.2 Å². The molecular formula is C13H15N3O2. The predicted octanol–water partition coefficient (Wildman–Crippen LogP) is 2.32. The van der Waals surface area contributed by atoms with Crippen LogP contribution in [-0.2, 0) is 13.0 Å². The SMILES string of the molecule is Cc1nnc(COc2cccc3c2NCCC3)o1. The molecule has 2 heterocycles. The van der Waals surface area contributed by atoms with Gasteiger partial charge in [0.2, 0.25) is 5.89 Å². The van der Waals surface area contributed by atoms with E-state index >= 15 is 0 Å². The van der Waals surface area contributed by atoms with Crippen LogP contribution >= 0.6 is 0 Å². The summed E-state index contributed by atoms with van der Waals surface area (Å²) < 4.78 is 11.0. The molecule has 18 heavy (non-hydrogen) atoms. The average Bonchev–Trinajstić information content (AvgIpc) is 2.82. The van der Waals surface area contributed by atoms with Crippen molar-refractivity contribution in [1.29, 1.82) is 0 Å². The van der Waals surface area contributed by atoms with E-state index < -0.39 is 0 Å². The number of rotatable bonds is 3. The summed E-state index contributed by atoms with van der Waals surface area (Å²) in [5.41, 5.74) is 2.40. The molecule has 0 aliphatic carbocycles. The quantitative estimate of drug-likeness (QED) is 0.899. The van der Waals surface area contributed by atoms with E-state index in [1.807, 2.05) is 12.1 Å². The fourth-order valence-electron chi connectivity index (χ4n) is 2.13. The molecule has 1 aromatic heterocycles. The first-order chi connectivity index (χ1) is 8.83. The Labute approximate surface area is 105 Å². The van der Waals surface area contributed by atoms with Gasteiger partial charge in [0.1, 0.15) is 5.75 Å². The van der Waals surface area contributed by atoms with E-state index in [0.29, 0.717) is 18.4 Å². The normalized spacial score (nSPS) is 13.8. The van der Waals surface area contributed by atoms with Gasteiger partial charge in [-0.2, -0.15) is 0 Å². The van der Waals surface area contributed by atoms with Crippen LogP contribution in [-0.4, -0.2) is 16.7 Å². The number of anilines is 1. The zero-order valence-corrected chi connectivity index (χ0v) is 10.3. The smallest absolute Gasteiger partial charge is 0.253 e. The first kappa shape index (κ1) is 11.1. The molecule has 2 aromatic rings. The molecule has 3 rings (SSSR count). The van der Waals surface area contributed by atoms with Gasteiger partial charge in [-0.1, -0.05) is 12.1 Å². The Balaban J connectivity index is 1.76. The van der Waals surface area contributed by atoms with Crippen molar-refractivity contribution in [2.45, 2.75) is 26.4 Å². The van der Waals surface area contributed by atoms with Gasteiger partial charge in [0.05, 0.1) is 5.69 Å². The van der Waals surface area contributed by atoms with Crippen molar-refractivity contribution in [3.05, 3.63) is 35.5 Å². The highest BCUT2D eigenvalue weighted by molar-refractivity contribution is 5.63. The molecule has 0 bridgehead atoms. The van der Waals surface area contributed by atoms with Gasteiger partial charge in [0.15, 0.2) is 6.61 Å². The number of nitrogens with one attached hydrogen (secondary N) is 1. The Morgan fingerprint density at radius 2 is 2.33 bits per heavy atom. The monoisotopic (exact) mass is 245 g/mol. The van der Waals surface area contributed by atoms with Crippen LogP contribution in [0, 0.1) is 6.92 Å². The van der Waals surface area contributed by atoms with Crippen LogP contribution in [0.3, 0.4) is 0 Å². The fourth-order valence-corrected chi connectivity index (χ4v) is 2.13. The summed E-state index contributed by atoms with van der Waals surface area (Å²) in [6, 6.07) is 6.10. The van der Waals surface area contributed by atoms with Gasteiger partial charge in [0.25, 0.3) is 5.89 Å². The molecule has 1 aliphatic heterocycles. The summed E-state index contributed by atoms with van der Waals surface area (Å²) in [5.74, 6) is 1.91. The zero-order chi connectivity index (χ0) is 12.4. The lowest BCUT2D eigenvalue weighted by molar-refractivity contribution is 0.261. The molecule has 0 spiro atoms. The van der Waals surface area contributed by atoms with E-state index in [4.69, 9.17) is 9.15 Å². The van der Waals surface area contributed by atoms with Crippen LogP contribution in [0.1, 0.15) is 23.8 Å². The highest BCUT2D eigenvalue weighted by Crippen LogP contribution is 2.32. The molecule has 5 nitrogen and oxygen atoms in total. The van der Waals surface area contributed by atoms with E-state index in [0.717, 1.165) is 24.4 Å². The van der Waals surface area contributed by atoms with Crippen molar-refractivity contribution >= 4 is 5.69 Å². The highest BCUT2D eigenvalue weighted by Gasteiger charge is 2.14. The second-order valence-corrected chi connectivity index (χ2v) is 4.32. The number of hydrogen-bond acceptors (Lipinski definition) is 5. The fraction of sp³-hybridized carbons (Fsp3) is 0.385. The van der Waals surface area contributed by atoms with E-state index in [9.17, 15) is 0 Å². The maximum Gasteiger partial charge on any atom is 0.253 e. The number of aromatic nitrogens is 2. The van der Waals surface area contributed by atoms with Gasteiger partial charge in [-0.25, -0.2) is 0 Å². The number of ether oxygens (including phenoxy) is 1. The minimum absolute atomic E-state index is 0.305. The third-order valence-corrected chi connectivity index (χ3v) is 2.96. The van der Waals surface area contributed by atoms with Crippen molar-refractivity contribution in [2.24, 2.45) is 0 Å². The van der Waals surface area contributed by atoms with Gasteiger partial charge in [-0.3, -0.25) is 0 Å². The average molecular weight is 245 g/mol. The Bertz CT molecular complexity index is 551. The minimum atomic E-state index is 0.305. The van der Waals surface area contributed by atoms with Crippen molar-refractivity contribution < 1.29 is 9.15 Å². The minimum Gasteiger partial charge on any atom is -0.482 e. The number of fused-ring (bicyclic) bond motifs is 1. The molecule has 1 aliphatic rings. The second kappa shape index (κ2) is 4.68. The summed E-state index contributed by atoms with van der Waals surface area (Å²) in [7, 11) is 0. The summed E-state index contributed by atoms with van der Waals surface area (Å²) in [6.45, 7) is 3.06. The standard InChI is InChI=1S/C13H15N3O2/c1-9-15-16-12(18-9)8-17-11-6-2-4-10-5-3-7-14-13(10)11/h2,4,6,14H,3,5,7-8H2,1H3. The first-order valence-corrected chi connectivity index (χ1v) is 6.10. The number of para-hydroxylation sites is 1. The van der Waals surface area contributed by atoms with Gasteiger partial charge in [-0.05, 0) is 24.5 Å². The van der Waals surface area contributed by atoms with Crippen molar-refractivity contribution in [2.75, 3.05) is 11.9 Å². The Morgan fingerprint density at radius 3 is 3.17 bits per heavy atom. The molecule has 0 saturated heterocycles. The first-order valence-electron chi connectivity index (χ1n) is 6.10. The molecule has 1 aromatic carbocycles. The molecule has 94 valence electrons. The third-order valence-electron chi connectivity index (χ3n) is 2.96. The van der Waals surface area contributed by atoms with Crippen LogP contribution in [0.15, 0.2) is 22.6 Å². The molecule has 0 amide bonds. The molecule has 0 atom stereocenters. The van der Waals surface area contributed by atoms with Crippen LogP contribution in [0.2, 0.25) is 0 Å². The molecule has 0 saturated carbocycles. The molecular weight excluding hydrogens is 230 g/mol. The number of aryl methyl sites for hydroxylation is 2. The largest absolute Gasteiger partial charge is 0.482 e. The molecule has 0 fully saturated rings. The highest BCUT2D eigenvalue weighted by atomic mass is 16.5. The molecule has 0 radical (unpaired) electrons. The maximum atomic E-state index is 5.75. The summed E-state index contributed by atoms with van der Waals surface area (Å²) in [4.78, 5) is 0. The Hall–Kier alpha value is -2.04. The lowest BCUT2D eigenvalue weighted by Crippen LogP contribution is -2.13. The number of benzene rings is 1. The molecule has 1 N–H and O–H groups in total. The molecule has 0 unspecified atom stereocenters. The lowest BCUT2D eigenvalue weighted by atomic mass is 10.0.